The Bertz CT molecular complexity index is 1100. The van der Waals surface area contributed by atoms with Gasteiger partial charge in [0, 0.05) is 13.1 Å². The van der Waals surface area contributed by atoms with Crippen molar-refractivity contribution in [1.82, 2.24) is 10.2 Å². The van der Waals surface area contributed by atoms with E-state index in [9.17, 15) is 18.0 Å². The highest BCUT2D eigenvalue weighted by atomic mass is 32.2. The number of amides is 2. The largest absolute Gasteiger partial charge is 0.495 e. The van der Waals surface area contributed by atoms with Crippen LogP contribution in [-0.2, 0) is 26.2 Å². The molecule has 0 saturated heterocycles. The normalized spacial score (nSPS) is 12.0. The number of para-hydroxylation sites is 2. The van der Waals surface area contributed by atoms with Crippen LogP contribution in [0.1, 0.15) is 44.2 Å². The number of carbonyl (C=O) groups excluding carboxylic acids is 2. The first-order valence-corrected chi connectivity index (χ1v) is 13.7. The van der Waals surface area contributed by atoms with E-state index in [1.807, 2.05) is 45.0 Å². The predicted molar refractivity (Wildman–Crippen MR) is 139 cm³/mol. The fourth-order valence-electron chi connectivity index (χ4n) is 3.86. The van der Waals surface area contributed by atoms with Crippen molar-refractivity contribution in [1.29, 1.82) is 0 Å². The quantitative estimate of drug-likeness (QED) is 0.422. The summed E-state index contributed by atoms with van der Waals surface area (Å²) in [7, 11) is -2.38. The monoisotopic (exact) mass is 503 g/mol. The number of unbranched alkanes of at least 4 members (excludes halogenated alkanes) is 1. The fourth-order valence-corrected chi connectivity index (χ4v) is 4.72. The van der Waals surface area contributed by atoms with Gasteiger partial charge >= 0.3 is 0 Å². The van der Waals surface area contributed by atoms with E-state index in [4.69, 9.17) is 4.74 Å². The van der Waals surface area contributed by atoms with E-state index in [-0.39, 0.29) is 18.1 Å². The van der Waals surface area contributed by atoms with Crippen LogP contribution in [0.2, 0.25) is 0 Å². The Morgan fingerprint density at radius 2 is 1.80 bits per heavy atom. The van der Waals surface area contributed by atoms with Gasteiger partial charge in [0.15, 0.2) is 0 Å². The lowest BCUT2D eigenvalue weighted by Gasteiger charge is -2.33. The molecule has 0 fully saturated rings. The van der Waals surface area contributed by atoms with E-state index >= 15 is 0 Å². The number of nitrogens with zero attached hydrogens (tertiary/aromatic N) is 2. The Morgan fingerprint density at radius 1 is 1.09 bits per heavy atom. The summed E-state index contributed by atoms with van der Waals surface area (Å²) in [5.41, 5.74) is 2.16. The summed E-state index contributed by atoms with van der Waals surface area (Å²) in [6.45, 7) is 6.09. The molecule has 0 aliphatic rings. The molecular weight excluding hydrogens is 466 g/mol. The third-order valence-corrected chi connectivity index (χ3v) is 6.81. The van der Waals surface area contributed by atoms with Crippen molar-refractivity contribution in [2.75, 3.05) is 30.8 Å². The van der Waals surface area contributed by atoms with E-state index in [2.05, 4.69) is 5.32 Å². The van der Waals surface area contributed by atoms with Gasteiger partial charge in [-0.1, -0.05) is 62.2 Å². The molecule has 0 spiro atoms. The standard InChI is InChI=1S/C26H37N3O5S/c1-6-8-16-27-26(31)22(7-2)28(18-21-13-11-12-20(3)17-21)25(30)19-29(35(5,32)33)23-14-9-10-15-24(23)34-4/h9-15,17,22H,6-8,16,18-19H2,1-5H3,(H,27,31). The van der Waals surface area contributed by atoms with Crippen LogP contribution in [0.4, 0.5) is 5.69 Å². The van der Waals surface area contributed by atoms with Crippen LogP contribution >= 0.6 is 0 Å². The lowest BCUT2D eigenvalue weighted by Crippen LogP contribution is -2.52. The molecule has 0 heterocycles. The number of hydrogen-bond donors (Lipinski definition) is 1. The molecule has 9 heteroatoms. The Labute approximate surface area is 209 Å². The highest BCUT2D eigenvalue weighted by Gasteiger charge is 2.32. The summed E-state index contributed by atoms with van der Waals surface area (Å²) < 4.78 is 31.8. The molecular formula is C26H37N3O5S. The van der Waals surface area contributed by atoms with Crippen LogP contribution in [0, 0.1) is 6.92 Å². The van der Waals surface area contributed by atoms with Gasteiger partial charge in [0.25, 0.3) is 0 Å². The molecule has 0 radical (unpaired) electrons. The number of sulfonamides is 1. The van der Waals surface area contributed by atoms with Crippen LogP contribution in [0.3, 0.4) is 0 Å². The maximum absolute atomic E-state index is 13.7. The topological polar surface area (TPSA) is 96.0 Å². The van der Waals surface area contributed by atoms with Gasteiger partial charge in [-0.05, 0) is 37.5 Å². The molecule has 35 heavy (non-hydrogen) atoms. The zero-order chi connectivity index (χ0) is 26.0. The van der Waals surface area contributed by atoms with Gasteiger partial charge in [0.1, 0.15) is 18.3 Å². The zero-order valence-electron chi connectivity index (χ0n) is 21.3. The summed E-state index contributed by atoms with van der Waals surface area (Å²) in [6.07, 6.45) is 3.21. The van der Waals surface area contributed by atoms with Crippen molar-refractivity contribution in [2.45, 2.75) is 52.6 Å². The number of hydrogen-bond acceptors (Lipinski definition) is 5. The Hall–Kier alpha value is -3.07. The van der Waals surface area contributed by atoms with Gasteiger partial charge < -0.3 is 15.0 Å². The van der Waals surface area contributed by atoms with Gasteiger partial charge in [-0.3, -0.25) is 13.9 Å². The molecule has 1 N–H and O–H groups in total. The number of rotatable bonds is 13. The number of ether oxygens (including phenoxy) is 1. The third-order valence-electron chi connectivity index (χ3n) is 5.68. The summed E-state index contributed by atoms with van der Waals surface area (Å²) in [4.78, 5) is 28.2. The molecule has 2 aromatic carbocycles. The van der Waals surface area contributed by atoms with Crippen LogP contribution in [0.25, 0.3) is 0 Å². The second kappa shape index (κ2) is 13.1. The third kappa shape index (κ3) is 7.99. The van der Waals surface area contributed by atoms with E-state index < -0.39 is 28.5 Å². The molecule has 0 aliphatic carbocycles. The minimum absolute atomic E-state index is 0.184. The number of aryl methyl sites for hydroxylation is 1. The van der Waals surface area contributed by atoms with Crippen molar-refractivity contribution >= 4 is 27.5 Å². The Balaban J connectivity index is 2.44. The molecule has 1 unspecified atom stereocenters. The summed E-state index contributed by atoms with van der Waals surface area (Å²) >= 11 is 0. The zero-order valence-corrected chi connectivity index (χ0v) is 22.1. The van der Waals surface area contributed by atoms with Crippen LogP contribution in [0.5, 0.6) is 5.75 Å². The second-order valence-electron chi connectivity index (χ2n) is 8.52. The molecule has 0 bridgehead atoms. The first-order valence-electron chi connectivity index (χ1n) is 11.9. The molecule has 192 valence electrons. The fraction of sp³-hybridized carbons (Fsp3) is 0.462. The highest BCUT2D eigenvalue weighted by molar-refractivity contribution is 7.92. The van der Waals surface area contributed by atoms with E-state index in [0.29, 0.717) is 18.7 Å². The Kier molecular flexibility index (Phi) is 10.6. The van der Waals surface area contributed by atoms with Crippen molar-refractivity contribution in [2.24, 2.45) is 0 Å². The molecule has 2 rings (SSSR count). The number of methoxy groups -OCH3 is 1. The lowest BCUT2D eigenvalue weighted by molar-refractivity contribution is -0.140. The second-order valence-corrected chi connectivity index (χ2v) is 10.4. The number of anilines is 1. The molecule has 0 saturated carbocycles. The number of nitrogens with one attached hydrogen (secondary N) is 1. The average Bonchev–Trinajstić information content (AvgIpc) is 2.81. The van der Waals surface area contributed by atoms with Crippen molar-refractivity contribution in [3.05, 3.63) is 59.7 Å². The molecule has 0 aromatic heterocycles. The number of benzene rings is 2. The van der Waals surface area contributed by atoms with Gasteiger partial charge in [-0.25, -0.2) is 8.42 Å². The van der Waals surface area contributed by atoms with Crippen LogP contribution in [0.15, 0.2) is 48.5 Å². The Morgan fingerprint density at radius 3 is 2.40 bits per heavy atom. The first-order chi connectivity index (χ1) is 16.6. The molecule has 8 nitrogen and oxygen atoms in total. The maximum Gasteiger partial charge on any atom is 0.244 e. The van der Waals surface area contributed by atoms with E-state index in [1.165, 1.54) is 12.0 Å². The van der Waals surface area contributed by atoms with Crippen LogP contribution < -0.4 is 14.4 Å². The van der Waals surface area contributed by atoms with Crippen LogP contribution in [-0.4, -0.2) is 57.6 Å². The molecule has 0 aliphatic heterocycles. The van der Waals surface area contributed by atoms with Crippen molar-refractivity contribution in [3.8, 4) is 5.75 Å². The van der Waals surface area contributed by atoms with E-state index in [1.54, 1.807) is 24.3 Å². The summed E-state index contributed by atoms with van der Waals surface area (Å²) in [5.74, 6) is -0.384. The molecule has 2 aromatic rings. The van der Waals surface area contributed by atoms with Gasteiger partial charge in [0.05, 0.1) is 19.1 Å². The number of carbonyl (C=O) groups is 2. The van der Waals surface area contributed by atoms with Gasteiger partial charge in [0.2, 0.25) is 21.8 Å². The SMILES string of the molecule is CCCCNC(=O)C(CC)N(Cc1cccc(C)c1)C(=O)CN(c1ccccc1OC)S(C)(=O)=O. The van der Waals surface area contributed by atoms with Gasteiger partial charge in [-0.2, -0.15) is 0 Å². The maximum atomic E-state index is 13.7. The predicted octanol–water partition coefficient (Wildman–Crippen LogP) is 3.49. The minimum atomic E-state index is -3.82. The minimum Gasteiger partial charge on any atom is -0.495 e. The first kappa shape index (κ1) is 28.2. The molecule has 1 atom stereocenters. The van der Waals surface area contributed by atoms with Gasteiger partial charge in [-0.15, -0.1) is 0 Å². The highest BCUT2D eigenvalue weighted by Crippen LogP contribution is 2.29. The molecule has 2 amide bonds. The lowest BCUT2D eigenvalue weighted by atomic mass is 10.1. The van der Waals surface area contributed by atoms with E-state index in [0.717, 1.165) is 34.5 Å². The average molecular weight is 504 g/mol. The van der Waals surface area contributed by atoms with Crippen molar-refractivity contribution < 1.29 is 22.7 Å². The smallest absolute Gasteiger partial charge is 0.244 e. The summed E-state index contributed by atoms with van der Waals surface area (Å²) in [5, 5.41) is 2.92. The van der Waals surface area contributed by atoms with Crippen molar-refractivity contribution in [3.63, 3.8) is 0 Å². The summed E-state index contributed by atoms with van der Waals surface area (Å²) in [6, 6.07) is 13.6.